The molecule has 0 fully saturated rings. The number of hydrogen-bond acceptors (Lipinski definition) is 7. The van der Waals surface area contributed by atoms with Gasteiger partial charge in [0.1, 0.15) is 18.0 Å². The first-order valence-corrected chi connectivity index (χ1v) is 10.3. The van der Waals surface area contributed by atoms with Gasteiger partial charge in [-0.05, 0) is 48.0 Å². The summed E-state index contributed by atoms with van der Waals surface area (Å²) < 4.78 is 7.69. The van der Waals surface area contributed by atoms with Crippen molar-refractivity contribution in [1.82, 2.24) is 0 Å². The molecule has 0 saturated carbocycles. The minimum Gasteiger partial charge on any atom is -0.489 e. The molecule has 0 aliphatic carbocycles. The van der Waals surface area contributed by atoms with Gasteiger partial charge < -0.3 is 4.74 Å². The Kier molecular flexibility index (Phi) is 7.32. The van der Waals surface area contributed by atoms with Gasteiger partial charge in [0.15, 0.2) is 0 Å². The molecule has 0 unspecified atom stereocenters. The summed E-state index contributed by atoms with van der Waals surface area (Å²) in [4.78, 5) is 20.5. The van der Waals surface area contributed by atoms with Crippen LogP contribution in [0.2, 0.25) is 0 Å². The van der Waals surface area contributed by atoms with E-state index in [0.29, 0.717) is 12.4 Å². The van der Waals surface area contributed by atoms with Gasteiger partial charge in [0.2, 0.25) is 0 Å². The average Bonchev–Trinajstić information content (AvgIpc) is 2.74. The fourth-order valence-corrected chi connectivity index (χ4v) is 3.67. The number of hydrogen-bond donors (Lipinski definition) is 1. The number of halogens is 2. The minimum atomic E-state index is -0.708. The monoisotopic (exact) mass is 548 g/mol. The normalized spacial score (nSPS) is 10.8. The lowest BCUT2D eigenvalue weighted by Gasteiger charge is -2.08. The van der Waals surface area contributed by atoms with Crippen LogP contribution in [0.25, 0.3) is 0 Å². The molecule has 0 aliphatic heterocycles. The quantitative estimate of drug-likeness (QED) is 0.207. The third kappa shape index (κ3) is 6.09. The third-order valence-corrected chi connectivity index (χ3v) is 5.31. The molecule has 0 amide bonds. The van der Waals surface area contributed by atoms with Gasteiger partial charge in [-0.3, -0.25) is 25.7 Å². The molecule has 11 heteroatoms. The zero-order valence-electron chi connectivity index (χ0n) is 15.7. The number of nitro groups is 2. The van der Waals surface area contributed by atoms with E-state index >= 15 is 0 Å². The molecular weight excluding hydrogens is 536 g/mol. The zero-order valence-corrected chi connectivity index (χ0v) is 18.9. The number of nitrogens with one attached hydrogen (secondary N) is 1. The molecule has 3 rings (SSSR count). The fourth-order valence-electron chi connectivity index (χ4n) is 2.51. The number of benzene rings is 3. The van der Waals surface area contributed by atoms with E-state index < -0.39 is 15.5 Å². The van der Waals surface area contributed by atoms with Crippen LogP contribution in [0.4, 0.5) is 17.1 Å². The van der Waals surface area contributed by atoms with E-state index in [0.717, 1.165) is 26.1 Å². The lowest BCUT2D eigenvalue weighted by molar-refractivity contribution is -0.393. The first-order chi connectivity index (χ1) is 14.8. The maximum atomic E-state index is 11.1. The summed E-state index contributed by atoms with van der Waals surface area (Å²) in [5.41, 5.74) is 3.52. The summed E-state index contributed by atoms with van der Waals surface area (Å²) in [5, 5.41) is 25.9. The Morgan fingerprint density at radius 2 is 1.71 bits per heavy atom. The number of rotatable bonds is 8. The summed E-state index contributed by atoms with van der Waals surface area (Å²) in [6.45, 7) is 0.396. The molecule has 0 aromatic heterocycles. The van der Waals surface area contributed by atoms with Crippen LogP contribution in [-0.4, -0.2) is 16.1 Å². The van der Waals surface area contributed by atoms with Gasteiger partial charge in [0, 0.05) is 20.6 Å². The topological polar surface area (TPSA) is 120 Å². The van der Waals surface area contributed by atoms with Crippen LogP contribution in [0.3, 0.4) is 0 Å². The van der Waals surface area contributed by atoms with Crippen molar-refractivity contribution in [3.05, 3.63) is 101 Å². The third-order valence-electron chi connectivity index (χ3n) is 4.08. The van der Waals surface area contributed by atoms with Crippen molar-refractivity contribution in [3.63, 3.8) is 0 Å². The summed E-state index contributed by atoms with van der Waals surface area (Å²) in [6.07, 6.45) is 1.47. The predicted molar refractivity (Wildman–Crippen MR) is 124 cm³/mol. The maximum Gasteiger partial charge on any atom is 0.301 e. The first kappa shape index (κ1) is 22.4. The van der Waals surface area contributed by atoms with Crippen molar-refractivity contribution in [1.29, 1.82) is 0 Å². The van der Waals surface area contributed by atoms with Crippen molar-refractivity contribution < 1.29 is 14.6 Å². The lowest BCUT2D eigenvalue weighted by Crippen LogP contribution is -1.99. The van der Waals surface area contributed by atoms with E-state index in [9.17, 15) is 20.2 Å². The fraction of sp³-hybridized carbons (Fsp3) is 0.0500. The van der Waals surface area contributed by atoms with Gasteiger partial charge in [0.05, 0.1) is 22.1 Å². The summed E-state index contributed by atoms with van der Waals surface area (Å²) in [6, 6.07) is 16.2. The van der Waals surface area contributed by atoms with E-state index in [1.165, 1.54) is 18.3 Å². The second-order valence-electron chi connectivity index (χ2n) is 6.18. The van der Waals surface area contributed by atoms with Gasteiger partial charge in [-0.15, -0.1) is 0 Å². The van der Waals surface area contributed by atoms with E-state index in [-0.39, 0.29) is 11.4 Å². The van der Waals surface area contributed by atoms with Gasteiger partial charge >= 0.3 is 5.69 Å². The first-order valence-electron chi connectivity index (χ1n) is 8.72. The molecule has 0 saturated heterocycles. The number of nitro benzene ring substituents is 2. The molecule has 1 N–H and O–H groups in total. The molecular formula is C20H14Br2N4O5. The van der Waals surface area contributed by atoms with Crippen molar-refractivity contribution >= 4 is 55.1 Å². The second kappa shape index (κ2) is 10.1. The van der Waals surface area contributed by atoms with Gasteiger partial charge in [-0.25, -0.2) is 0 Å². The van der Waals surface area contributed by atoms with E-state index in [1.54, 1.807) is 24.3 Å². The Morgan fingerprint density at radius 3 is 2.35 bits per heavy atom. The van der Waals surface area contributed by atoms with E-state index in [4.69, 9.17) is 4.74 Å². The van der Waals surface area contributed by atoms with Gasteiger partial charge in [-0.2, -0.15) is 5.10 Å². The van der Waals surface area contributed by atoms with Crippen molar-refractivity contribution in [2.24, 2.45) is 5.10 Å². The van der Waals surface area contributed by atoms with Gasteiger partial charge in [-0.1, -0.05) is 37.9 Å². The molecule has 0 heterocycles. The minimum absolute atomic E-state index is 0.0480. The van der Waals surface area contributed by atoms with Crippen LogP contribution in [0, 0.1) is 20.2 Å². The highest BCUT2D eigenvalue weighted by atomic mass is 79.9. The molecule has 0 aliphatic rings. The van der Waals surface area contributed by atoms with E-state index in [2.05, 4.69) is 42.4 Å². The molecule has 0 radical (unpaired) electrons. The number of nitrogens with zero attached hydrogens (tertiary/aromatic N) is 3. The Morgan fingerprint density at radius 1 is 0.968 bits per heavy atom. The number of hydrazone groups is 1. The number of non-ortho nitro benzene ring substituents is 1. The highest BCUT2D eigenvalue weighted by Gasteiger charge is 2.19. The van der Waals surface area contributed by atoms with Crippen molar-refractivity contribution in [2.75, 3.05) is 5.43 Å². The van der Waals surface area contributed by atoms with Crippen LogP contribution in [0.5, 0.6) is 5.75 Å². The zero-order chi connectivity index (χ0) is 22.4. The average molecular weight is 550 g/mol. The number of ether oxygens (including phenoxy) is 1. The largest absolute Gasteiger partial charge is 0.489 e. The molecule has 3 aromatic carbocycles. The highest BCUT2D eigenvalue weighted by molar-refractivity contribution is 9.11. The molecule has 158 valence electrons. The Hall–Kier alpha value is -3.31. The Labute approximate surface area is 193 Å². The molecule has 3 aromatic rings. The summed E-state index contributed by atoms with van der Waals surface area (Å²) in [5.74, 6) is 0.672. The smallest absolute Gasteiger partial charge is 0.301 e. The molecule has 0 bridgehead atoms. The summed E-state index contributed by atoms with van der Waals surface area (Å²) in [7, 11) is 0. The SMILES string of the molecule is O=[N+]([O-])c1ccc(N/N=C\c2ccc(OCc3ccc(Br)cc3Br)cc2)c([N+](=O)[O-])c1. The van der Waals surface area contributed by atoms with Crippen LogP contribution in [0.15, 0.2) is 74.7 Å². The predicted octanol–water partition coefficient (Wildman–Crippen LogP) is 6.05. The number of anilines is 1. The van der Waals surface area contributed by atoms with Crippen molar-refractivity contribution in [2.45, 2.75) is 6.61 Å². The maximum absolute atomic E-state index is 11.1. The molecule has 0 atom stereocenters. The van der Waals surface area contributed by atoms with Crippen LogP contribution >= 0.6 is 31.9 Å². The van der Waals surface area contributed by atoms with Crippen LogP contribution in [-0.2, 0) is 6.61 Å². The molecule has 0 spiro atoms. The van der Waals surface area contributed by atoms with Gasteiger partial charge in [0.25, 0.3) is 5.69 Å². The van der Waals surface area contributed by atoms with Crippen molar-refractivity contribution in [3.8, 4) is 5.75 Å². The summed E-state index contributed by atoms with van der Waals surface area (Å²) >= 11 is 6.90. The molecule has 9 nitrogen and oxygen atoms in total. The Balaban J connectivity index is 1.62. The molecule has 31 heavy (non-hydrogen) atoms. The van der Waals surface area contributed by atoms with E-state index in [1.807, 2.05) is 18.2 Å². The van der Waals surface area contributed by atoms with Crippen LogP contribution in [0.1, 0.15) is 11.1 Å². The second-order valence-corrected chi connectivity index (χ2v) is 7.95. The van der Waals surface area contributed by atoms with Crippen LogP contribution < -0.4 is 10.2 Å². The highest BCUT2D eigenvalue weighted by Crippen LogP contribution is 2.29. The standard InChI is InChI=1S/C20H14Br2N4O5/c21-15-4-3-14(18(22)9-15)12-31-17-6-1-13(2-7-17)11-23-24-19-8-5-16(25(27)28)10-20(19)26(29)30/h1-11,24H,12H2/b23-11-. The lowest BCUT2D eigenvalue weighted by atomic mass is 10.2. The Bertz CT molecular complexity index is 1150.